The van der Waals surface area contributed by atoms with Gasteiger partial charge in [0.05, 0.1) is 10.7 Å². The highest BCUT2D eigenvalue weighted by Gasteiger charge is 2.15. The fourth-order valence-electron chi connectivity index (χ4n) is 1.91. The Bertz CT molecular complexity index is 593. The van der Waals surface area contributed by atoms with Gasteiger partial charge in [0.2, 0.25) is 5.88 Å². The fourth-order valence-corrected chi connectivity index (χ4v) is 2.19. The third kappa shape index (κ3) is 2.84. The minimum Gasteiger partial charge on any atom is -0.436 e. The minimum absolute atomic E-state index is 0.536. The first-order chi connectivity index (χ1) is 9.02. The van der Waals surface area contributed by atoms with Crippen molar-refractivity contribution in [3.63, 3.8) is 0 Å². The zero-order valence-corrected chi connectivity index (χ0v) is 12.2. The van der Waals surface area contributed by atoms with Gasteiger partial charge in [-0.3, -0.25) is 0 Å². The first-order valence-corrected chi connectivity index (χ1v) is 6.66. The summed E-state index contributed by atoms with van der Waals surface area (Å²) < 4.78 is 7.45. The molecule has 1 heterocycles. The molecule has 4 nitrogen and oxygen atoms in total. The normalized spacial score (nSPS) is 10.7. The van der Waals surface area contributed by atoms with Gasteiger partial charge in [-0.2, -0.15) is 5.10 Å². The third-order valence-electron chi connectivity index (χ3n) is 2.89. The summed E-state index contributed by atoms with van der Waals surface area (Å²) in [7, 11) is 1.81. The molecule has 0 aliphatic rings. The Balaban J connectivity index is 2.33. The van der Waals surface area contributed by atoms with Crippen LogP contribution in [0.3, 0.4) is 0 Å². The van der Waals surface area contributed by atoms with E-state index in [0.717, 1.165) is 24.1 Å². The van der Waals surface area contributed by atoms with E-state index >= 15 is 0 Å². The standard InChI is InChI=1S/C14H18ClN3O/c1-4-5-11-13(16)14(18(3)17-11)19-12-7-6-9(2)8-10(12)15/h6-8H,4-5,16H2,1-3H3. The molecule has 1 aromatic carbocycles. The van der Waals surface area contributed by atoms with E-state index < -0.39 is 0 Å². The molecular weight excluding hydrogens is 262 g/mol. The average Bonchev–Trinajstić information content (AvgIpc) is 2.60. The summed E-state index contributed by atoms with van der Waals surface area (Å²) >= 11 is 6.16. The van der Waals surface area contributed by atoms with Gasteiger partial charge in [0.15, 0.2) is 0 Å². The highest BCUT2D eigenvalue weighted by Crippen LogP contribution is 2.34. The Morgan fingerprint density at radius 1 is 1.42 bits per heavy atom. The quantitative estimate of drug-likeness (QED) is 0.928. The lowest BCUT2D eigenvalue weighted by atomic mass is 10.2. The molecule has 0 saturated heterocycles. The van der Waals surface area contributed by atoms with E-state index in [0.29, 0.717) is 22.3 Å². The maximum Gasteiger partial charge on any atom is 0.241 e. The van der Waals surface area contributed by atoms with Crippen molar-refractivity contribution in [2.24, 2.45) is 7.05 Å². The number of halogens is 1. The van der Waals surface area contributed by atoms with Crippen molar-refractivity contribution in [1.82, 2.24) is 9.78 Å². The Hall–Kier alpha value is -1.68. The monoisotopic (exact) mass is 279 g/mol. The number of benzene rings is 1. The van der Waals surface area contributed by atoms with E-state index in [1.54, 1.807) is 4.68 Å². The van der Waals surface area contributed by atoms with Crippen LogP contribution in [-0.2, 0) is 13.5 Å². The number of rotatable bonds is 4. The predicted molar refractivity (Wildman–Crippen MR) is 77.9 cm³/mol. The summed E-state index contributed by atoms with van der Waals surface area (Å²) in [4.78, 5) is 0. The Kier molecular flexibility index (Phi) is 4.00. The maximum absolute atomic E-state index is 6.16. The number of ether oxygens (including phenoxy) is 1. The molecule has 0 bridgehead atoms. The second kappa shape index (κ2) is 5.53. The zero-order chi connectivity index (χ0) is 14.0. The van der Waals surface area contributed by atoms with Crippen molar-refractivity contribution in [3.05, 3.63) is 34.5 Å². The van der Waals surface area contributed by atoms with Crippen LogP contribution in [0.5, 0.6) is 11.6 Å². The fraction of sp³-hybridized carbons (Fsp3) is 0.357. The summed E-state index contributed by atoms with van der Waals surface area (Å²) in [5.41, 5.74) is 8.60. The highest BCUT2D eigenvalue weighted by molar-refractivity contribution is 6.32. The molecule has 19 heavy (non-hydrogen) atoms. The largest absolute Gasteiger partial charge is 0.436 e. The molecule has 5 heteroatoms. The van der Waals surface area contributed by atoms with E-state index in [1.165, 1.54) is 0 Å². The molecule has 0 saturated carbocycles. The van der Waals surface area contributed by atoms with Crippen LogP contribution in [-0.4, -0.2) is 9.78 Å². The van der Waals surface area contributed by atoms with Crippen LogP contribution in [0, 0.1) is 6.92 Å². The number of nitrogens with two attached hydrogens (primary N) is 1. The van der Waals surface area contributed by atoms with Crippen LogP contribution in [0.4, 0.5) is 5.69 Å². The maximum atomic E-state index is 6.16. The molecule has 0 unspecified atom stereocenters. The van der Waals surface area contributed by atoms with Gasteiger partial charge in [-0.15, -0.1) is 0 Å². The van der Waals surface area contributed by atoms with E-state index in [1.807, 2.05) is 32.2 Å². The van der Waals surface area contributed by atoms with Crippen molar-refractivity contribution in [2.45, 2.75) is 26.7 Å². The van der Waals surface area contributed by atoms with E-state index in [9.17, 15) is 0 Å². The van der Waals surface area contributed by atoms with Gasteiger partial charge in [0, 0.05) is 7.05 Å². The summed E-state index contributed by atoms with van der Waals surface area (Å²) in [5, 5.41) is 4.93. The molecule has 0 spiro atoms. The molecule has 0 radical (unpaired) electrons. The van der Waals surface area contributed by atoms with Gasteiger partial charge >= 0.3 is 0 Å². The molecule has 0 amide bonds. The number of anilines is 1. The number of aromatic nitrogens is 2. The zero-order valence-electron chi connectivity index (χ0n) is 11.4. The van der Waals surface area contributed by atoms with Crippen LogP contribution >= 0.6 is 11.6 Å². The summed E-state index contributed by atoms with van der Waals surface area (Å²) in [6, 6.07) is 5.64. The summed E-state index contributed by atoms with van der Waals surface area (Å²) in [6.07, 6.45) is 1.83. The number of nitrogen functional groups attached to an aromatic ring is 1. The lowest BCUT2D eigenvalue weighted by Gasteiger charge is -2.08. The Morgan fingerprint density at radius 3 is 2.79 bits per heavy atom. The van der Waals surface area contributed by atoms with Crippen molar-refractivity contribution >= 4 is 17.3 Å². The SMILES string of the molecule is CCCc1nn(C)c(Oc2ccc(C)cc2Cl)c1N. The van der Waals surface area contributed by atoms with Gasteiger partial charge in [0.1, 0.15) is 11.4 Å². The van der Waals surface area contributed by atoms with Crippen molar-refractivity contribution in [1.29, 1.82) is 0 Å². The van der Waals surface area contributed by atoms with Crippen LogP contribution in [0.2, 0.25) is 5.02 Å². The third-order valence-corrected chi connectivity index (χ3v) is 3.18. The lowest BCUT2D eigenvalue weighted by Crippen LogP contribution is -1.97. The van der Waals surface area contributed by atoms with Crippen molar-refractivity contribution in [3.8, 4) is 11.6 Å². The molecule has 102 valence electrons. The highest BCUT2D eigenvalue weighted by atomic mass is 35.5. The van der Waals surface area contributed by atoms with E-state index in [-0.39, 0.29) is 0 Å². The van der Waals surface area contributed by atoms with Crippen LogP contribution in [0.25, 0.3) is 0 Å². The summed E-state index contributed by atoms with van der Waals surface area (Å²) in [5.74, 6) is 1.12. The first-order valence-electron chi connectivity index (χ1n) is 6.28. The molecule has 0 aliphatic carbocycles. The summed E-state index contributed by atoms with van der Waals surface area (Å²) in [6.45, 7) is 4.07. The average molecular weight is 280 g/mol. The first kappa shape index (κ1) is 13.7. The molecule has 2 aromatic rings. The van der Waals surface area contributed by atoms with Crippen LogP contribution in [0.1, 0.15) is 24.6 Å². The number of hydrogen-bond donors (Lipinski definition) is 1. The Labute approximate surface area is 118 Å². The molecule has 0 atom stereocenters. The second-order valence-electron chi connectivity index (χ2n) is 4.58. The van der Waals surface area contributed by atoms with Gasteiger partial charge < -0.3 is 10.5 Å². The predicted octanol–water partition coefficient (Wildman–Crippen LogP) is 3.71. The second-order valence-corrected chi connectivity index (χ2v) is 4.98. The van der Waals surface area contributed by atoms with Crippen molar-refractivity contribution < 1.29 is 4.74 Å². The molecule has 0 aliphatic heterocycles. The minimum atomic E-state index is 0.536. The van der Waals surface area contributed by atoms with Gasteiger partial charge in [-0.1, -0.05) is 31.0 Å². The van der Waals surface area contributed by atoms with Gasteiger partial charge in [0.25, 0.3) is 0 Å². The number of hydrogen-bond acceptors (Lipinski definition) is 3. The number of nitrogens with zero attached hydrogens (tertiary/aromatic N) is 2. The number of aryl methyl sites for hydroxylation is 3. The van der Waals surface area contributed by atoms with Crippen LogP contribution in [0.15, 0.2) is 18.2 Å². The molecule has 1 aromatic heterocycles. The van der Waals surface area contributed by atoms with Crippen molar-refractivity contribution in [2.75, 3.05) is 5.73 Å². The van der Waals surface area contributed by atoms with E-state index in [2.05, 4.69) is 12.0 Å². The van der Waals surface area contributed by atoms with E-state index in [4.69, 9.17) is 22.1 Å². The van der Waals surface area contributed by atoms with Gasteiger partial charge in [-0.25, -0.2) is 4.68 Å². The molecule has 2 rings (SSSR count). The molecule has 0 fully saturated rings. The Morgan fingerprint density at radius 2 is 2.16 bits per heavy atom. The molecular formula is C14H18ClN3O. The molecule has 2 N–H and O–H groups in total. The van der Waals surface area contributed by atoms with Gasteiger partial charge in [-0.05, 0) is 31.0 Å². The van der Waals surface area contributed by atoms with Crippen LogP contribution < -0.4 is 10.5 Å². The smallest absolute Gasteiger partial charge is 0.241 e. The topological polar surface area (TPSA) is 53.1 Å². The lowest BCUT2D eigenvalue weighted by molar-refractivity contribution is 0.432.